The molecule has 0 N–H and O–H groups in total. The maximum Gasteiger partial charge on any atom is 0.143 e. The molecule has 0 unspecified atom stereocenters. The lowest BCUT2D eigenvalue weighted by molar-refractivity contribution is 0.672. The molecule has 0 fully saturated rings. The number of para-hydroxylation sites is 1. The third-order valence-electron chi connectivity index (χ3n) is 7.81. The average Bonchev–Trinajstić information content (AvgIpc) is 3.41. The maximum absolute atomic E-state index is 6.43. The Morgan fingerprint density at radius 2 is 1.05 bits per heavy atom. The first-order valence-corrected chi connectivity index (χ1v) is 13.6. The SMILES string of the molecule is c1ccc(-c2cccc(N(c3ccc4ccccc4c3)c3ccc4ccc5c6ccccc6oc5c4c3)c2)cc1. The van der Waals surface area contributed by atoms with Crippen LogP contribution in [0.2, 0.25) is 0 Å². The molecule has 40 heavy (non-hydrogen) atoms. The molecule has 2 nitrogen and oxygen atoms in total. The zero-order valence-corrected chi connectivity index (χ0v) is 21.8. The lowest BCUT2D eigenvalue weighted by Gasteiger charge is -2.26. The summed E-state index contributed by atoms with van der Waals surface area (Å²) in [5.74, 6) is 0. The van der Waals surface area contributed by atoms with Crippen molar-refractivity contribution in [2.24, 2.45) is 0 Å². The summed E-state index contributed by atoms with van der Waals surface area (Å²) >= 11 is 0. The number of nitrogens with zero attached hydrogens (tertiary/aromatic N) is 1. The van der Waals surface area contributed by atoms with Gasteiger partial charge in [-0.3, -0.25) is 0 Å². The number of benzene rings is 7. The van der Waals surface area contributed by atoms with Gasteiger partial charge in [0.05, 0.1) is 0 Å². The van der Waals surface area contributed by atoms with Gasteiger partial charge in [-0.05, 0) is 75.8 Å². The minimum Gasteiger partial charge on any atom is -0.455 e. The van der Waals surface area contributed by atoms with Gasteiger partial charge in [-0.1, -0.05) is 103 Å². The number of furan rings is 1. The molecular formula is C38H25NO. The van der Waals surface area contributed by atoms with Gasteiger partial charge in [0.1, 0.15) is 11.2 Å². The molecule has 0 aliphatic heterocycles. The molecule has 1 heterocycles. The fourth-order valence-corrected chi connectivity index (χ4v) is 5.85. The highest BCUT2D eigenvalue weighted by molar-refractivity contribution is 6.15. The lowest BCUT2D eigenvalue weighted by atomic mass is 10.0. The van der Waals surface area contributed by atoms with E-state index < -0.39 is 0 Å². The Labute approximate surface area is 232 Å². The summed E-state index contributed by atoms with van der Waals surface area (Å²) < 4.78 is 6.43. The summed E-state index contributed by atoms with van der Waals surface area (Å²) in [4.78, 5) is 2.35. The van der Waals surface area contributed by atoms with E-state index in [-0.39, 0.29) is 0 Å². The van der Waals surface area contributed by atoms with Crippen molar-refractivity contribution < 1.29 is 4.42 Å². The van der Waals surface area contributed by atoms with Gasteiger partial charge < -0.3 is 9.32 Å². The van der Waals surface area contributed by atoms with Crippen LogP contribution in [-0.2, 0) is 0 Å². The quantitative estimate of drug-likeness (QED) is 0.234. The summed E-state index contributed by atoms with van der Waals surface area (Å²) in [7, 11) is 0. The smallest absolute Gasteiger partial charge is 0.143 e. The number of hydrogen-bond donors (Lipinski definition) is 0. The van der Waals surface area contributed by atoms with Gasteiger partial charge in [0.2, 0.25) is 0 Å². The average molecular weight is 512 g/mol. The molecule has 8 aromatic rings. The highest BCUT2D eigenvalue weighted by Gasteiger charge is 2.17. The van der Waals surface area contributed by atoms with Crippen LogP contribution in [0.4, 0.5) is 17.1 Å². The number of rotatable bonds is 4. The molecule has 188 valence electrons. The van der Waals surface area contributed by atoms with E-state index in [4.69, 9.17) is 4.42 Å². The molecular weight excluding hydrogens is 486 g/mol. The summed E-state index contributed by atoms with van der Waals surface area (Å²) in [6.45, 7) is 0. The third kappa shape index (κ3) is 3.73. The highest BCUT2D eigenvalue weighted by atomic mass is 16.3. The molecule has 0 amide bonds. The van der Waals surface area contributed by atoms with Crippen LogP contribution in [0.1, 0.15) is 0 Å². The van der Waals surface area contributed by atoms with Crippen molar-refractivity contribution in [2.45, 2.75) is 0 Å². The van der Waals surface area contributed by atoms with E-state index in [9.17, 15) is 0 Å². The zero-order valence-electron chi connectivity index (χ0n) is 21.8. The van der Waals surface area contributed by atoms with Crippen molar-refractivity contribution in [2.75, 3.05) is 4.90 Å². The van der Waals surface area contributed by atoms with E-state index >= 15 is 0 Å². The van der Waals surface area contributed by atoms with Crippen LogP contribution in [0.25, 0.3) is 54.6 Å². The molecule has 0 saturated heterocycles. The van der Waals surface area contributed by atoms with Crippen molar-refractivity contribution in [3.8, 4) is 11.1 Å². The second kappa shape index (κ2) is 9.14. The normalized spacial score (nSPS) is 11.5. The molecule has 0 spiro atoms. The van der Waals surface area contributed by atoms with Gasteiger partial charge in [-0.15, -0.1) is 0 Å². The molecule has 0 aliphatic carbocycles. The van der Waals surface area contributed by atoms with E-state index in [1.807, 2.05) is 12.1 Å². The Balaban J connectivity index is 1.37. The topological polar surface area (TPSA) is 16.4 Å². The van der Waals surface area contributed by atoms with E-state index in [2.05, 4.69) is 144 Å². The molecule has 2 heteroatoms. The predicted molar refractivity (Wildman–Crippen MR) is 169 cm³/mol. The highest BCUT2D eigenvalue weighted by Crippen LogP contribution is 2.41. The molecule has 0 saturated carbocycles. The molecule has 0 radical (unpaired) electrons. The van der Waals surface area contributed by atoms with Crippen LogP contribution in [-0.4, -0.2) is 0 Å². The predicted octanol–water partition coefficient (Wildman–Crippen LogP) is 11.0. The van der Waals surface area contributed by atoms with E-state index in [0.717, 1.165) is 49.8 Å². The first kappa shape index (κ1) is 22.6. The monoisotopic (exact) mass is 511 g/mol. The molecule has 7 aromatic carbocycles. The fraction of sp³-hybridized carbons (Fsp3) is 0. The first-order chi connectivity index (χ1) is 19.8. The van der Waals surface area contributed by atoms with Gasteiger partial charge in [0.15, 0.2) is 0 Å². The molecule has 0 aliphatic rings. The molecule has 8 rings (SSSR count). The lowest BCUT2D eigenvalue weighted by Crippen LogP contribution is -2.10. The Morgan fingerprint density at radius 3 is 1.95 bits per heavy atom. The zero-order chi connectivity index (χ0) is 26.5. The van der Waals surface area contributed by atoms with Crippen molar-refractivity contribution in [1.82, 2.24) is 0 Å². The van der Waals surface area contributed by atoms with Gasteiger partial charge in [0.25, 0.3) is 0 Å². The Kier molecular flexibility index (Phi) is 5.17. The van der Waals surface area contributed by atoms with Crippen LogP contribution >= 0.6 is 0 Å². The Bertz CT molecular complexity index is 2170. The van der Waals surface area contributed by atoms with Crippen LogP contribution in [0.3, 0.4) is 0 Å². The summed E-state index contributed by atoms with van der Waals surface area (Å²) in [5.41, 5.74) is 7.53. The largest absolute Gasteiger partial charge is 0.455 e. The third-order valence-corrected chi connectivity index (χ3v) is 7.81. The molecule has 0 atom stereocenters. The van der Waals surface area contributed by atoms with Gasteiger partial charge in [-0.25, -0.2) is 0 Å². The van der Waals surface area contributed by atoms with Crippen molar-refractivity contribution in [3.05, 3.63) is 152 Å². The van der Waals surface area contributed by atoms with E-state index in [1.54, 1.807) is 0 Å². The van der Waals surface area contributed by atoms with E-state index in [0.29, 0.717) is 0 Å². The summed E-state index contributed by atoms with van der Waals surface area (Å²) in [6, 6.07) is 53.9. The standard InChI is InChI=1S/C38H25NO/c1-2-9-26(10-3-1)30-13-8-14-31(23-30)39(32-20-17-27-11-4-5-12-29(27)24-32)33-21-18-28-19-22-35-34-15-6-7-16-37(34)40-38(35)36(28)25-33/h1-25H. The summed E-state index contributed by atoms with van der Waals surface area (Å²) in [6.07, 6.45) is 0. The number of fused-ring (bicyclic) bond motifs is 6. The van der Waals surface area contributed by atoms with Gasteiger partial charge >= 0.3 is 0 Å². The van der Waals surface area contributed by atoms with Crippen molar-refractivity contribution in [1.29, 1.82) is 0 Å². The minimum atomic E-state index is 0.914. The second-order valence-corrected chi connectivity index (χ2v) is 10.2. The molecule has 0 bridgehead atoms. The first-order valence-electron chi connectivity index (χ1n) is 13.6. The van der Waals surface area contributed by atoms with Crippen LogP contribution in [0.5, 0.6) is 0 Å². The number of anilines is 3. The fourth-order valence-electron chi connectivity index (χ4n) is 5.85. The number of hydrogen-bond acceptors (Lipinski definition) is 2. The van der Waals surface area contributed by atoms with Crippen LogP contribution in [0.15, 0.2) is 156 Å². The Hall–Kier alpha value is -5.34. The molecule has 1 aromatic heterocycles. The van der Waals surface area contributed by atoms with E-state index in [1.165, 1.54) is 21.9 Å². The second-order valence-electron chi connectivity index (χ2n) is 10.2. The van der Waals surface area contributed by atoms with Gasteiger partial charge in [-0.2, -0.15) is 0 Å². The van der Waals surface area contributed by atoms with Crippen molar-refractivity contribution >= 4 is 60.5 Å². The minimum absolute atomic E-state index is 0.914. The van der Waals surface area contributed by atoms with Crippen LogP contribution in [0, 0.1) is 0 Å². The summed E-state index contributed by atoms with van der Waals surface area (Å²) in [5, 5.41) is 7.00. The van der Waals surface area contributed by atoms with Crippen LogP contribution < -0.4 is 4.90 Å². The Morgan fingerprint density at radius 1 is 0.375 bits per heavy atom. The van der Waals surface area contributed by atoms with Crippen molar-refractivity contribution in [3.63, 3.8) is 0 Å². The maximum atomic E-state index is 6.43. The van der Waals surface area contributed by atoms with Gasteiger partial charge in [0, 0.05) is 33.2 Å².